The number of carbonyl (C=O) groups is 1. The Bertz CT molecular complexity index is 456. The van der Waals surface area contributed by atoms with Gasteiger partial charge in [0.25, 0.3) is 0 Å². The maximum absolute atomic E-state index is 10.8. The molecule has 1 unspecified atom stereocenters. The van der Waals surface area contributed by atoms with Crippen LogP contribution >= 0.6 is 35.0 Å². The number of benzene rings is 1. The molecular weight excluding hydrogens is 269 g/mol. The predicted octanol–water partition coefficient (Wildman–Crippen LogP) is 2.94. The molecular formula is C10H7Cl2NO2S. The van der Waals surface area contributed by atoms with Gasteiger partial charge in [0, 0.05) is 11.3 Å². The monoisotopic (exact) mass is 275 g/mol. The van der Waals surface area contributed by atoms with Crippen molar-refractivity contribution >= 4 is 46.0 Å². The number of thioether (sulfide) groups is 1. The summed E-state index contributed by atoms with van der Waals surface area (Å²) in [5, 5.41) is 10.4. The summed E-state index contributed by atoms with van der Waals surface area (Å²) in [4.78, 5) is 14.9. The Hall–Kier alpha value is -0.710. The van der Waals surface area contributed by atoms with Crippen LogP contribution in [0.15, 0.2) is 23.2 Å². The molecule has 0 fully saturated rings. The Morgan fingerprint density at radius 2 is 2.06 bits per heavy atom. The Morgan fingerprint density at radius 1 is 1.44 bits per heavy atom. The maximum Gasteiger partial charge on any atom is 0.329 e. The standard InChI is InChI=1S/C10H7Cl2NO2S/c11-5-2-1-3-6(12)8(5)9-13-7(4-16-9)10(14)15/h1-3,7H,4H2,(H,14,15). The fraction of sp³-hybridized carbons (Fsp3) is 0.200. The van der Waals surface area contributed by atoms with Crippen molar-refractivity contribution in [1.82, 2.24) is 0 Å². The van der Waals surface area contributed by atoms with Crippen LogP contribution < -0.4 is 0 Å². The summed E-state index contributed by atoms with van der Waals surface area (Å²) < 4.78 is 0. The average molecular weight is 276 g/mol. The number of hydrogen-bond acceptors (Lipinski definition) is 3. The van der Waals surface area contributed by atoms with Crippen molar-refractivity contribution < 1.29 is 9.90 Å². The molecule has 0 spiro atoms. The van der Waals surface area contributed by atoms with E-state index in [0.717, 1.165) is 0 Å². The van der Waals surface area contributed by atoms with E-state index in [4.69, 9.17) is 28.3 Å². The minimum Gasteiger partial charge on any atom is -0.480 e. The van der Waals surface area contributed by atoms with Crippen molar-refractivity contribution in [3.8, 4) is 0 Å². The smallest absolute Gasteiger partial charge is 0.329 e. The number of aliphatic carboxylic acids is 1. The minimum absolute atomic E-state index is 0.423. The molecule has 0 saturated carbocycles. The van der Waals surface area contributed by atoms with E-state index in [0.29, 0.717) is 26.4 Å². The van der Waals surface area contributed by atoms with Gasteiger partial charge in [-0.25, -0.2) is 4.79 Å². The second kappa shape index (κ2) is 4.65. The third-order valence-corrected chi connectivity index (χ3v) is 3.81. The van der Waals surface area contributed by atoms with Gasteiger partial charge in [0.15, 0.2) is 6.04 Å². The van der Waals surface area contributed by atoms with Crippen LogP contribution in [0.25, 0.3) is 0 Å². The molecule has 0 amide bonds. The number of carboxylic acid groups (broad SMARTS) is 1. The van der Waals surface area contributed by atoms with E-state index in [1.54, 1.807) is 18.2 Å². The van der Waals surface area contributed by atoms with Gasteiger partial charge in [-0.1, -0.05) is 29.3 Å². The number of aliphatic imine (C=N–C) groups is 1. The first-order chi connectivity index (χ1) is 7.59. The molecule has 84 valence electrons. The summed E-state index contributed by atoms with van der Waals surface area (Å²) in [6, 6.07) is 4.45. The zero-order valence-electron chi connectivity index (χ0n) is 7.98. The lowest BCUT2D eigenvalue weighted by Crippen LogP contribution is -2.17. The molecule has 6 heteroatoms. The molecule has 16 heavy (non-hydrogen) atoms. The van der Waals surface area contributed by atoms with Gasteiger partial charge in [0.2, 0.25) is 0 Å². The lowest BCUT2D eigenvalue weighted by molar-refractivity contribution is -0.137. The summed E-state index contributed by atoms with van der Waals surface area (Å²) in [6.45, 7) is 0. The maximum atomic E-state index is 10.8. The molecule has 1 aromatic carbocycles. The van der Waals surface area contributed by atoms with Gasteiger partial charge in [-0.15, -0.1) is 11.8 Å². The second-order valence-corrected chi connectivity index (χ2v) is 5.02. The van der Waals surface area contributed by atoms with E-state index in [-0.39, 0.29) is 0 Å². The summed E-state index contributed by atoms with van der Waals surface area (Å²) in [7, 11) is 0. The van der Waals surface area contributed by atoms with E-state index >= 15 is 0 Å². The summed E-state index contributed by atoms with van der Waals surface area (Å²) >= 11 is 13.4. The third-order valence-electron chi connectivity index (χ3n) is 2.11. The normalized spacial score (nSPS) is 19.6. The molecule has 1 aliphatic heterocycles. The Morgan fingerprint density at radius 3 is 2.56 bits per heavy atom. The molecule has 0 radical (unpaired) electrons. The first-order valence-electron chi connectivity index (χ1n) is 4.47. The number of carboxylic acids is 1. The highest BCUT2D eigenvalue weighted by Gasteiger charge is 2.27. The highest BCUT2D eigenvalue weighted by atomic mass is 35.5. The van der Waals surface area contributed by atoms with Crippen LogP contribution in [0.2, 0.25) is 10.0 Å². The topological polar surface area (TPSA) is 49.7 Å². The number of rotatable bonds is 2. The van der Waals surface area contributed by atoms with E-state index in [1.807, 2.05) is 0 Å². The summed E-state index contributed by atoms with van der Waals surface area (Å²) in [5.74, 6) is -0.502. The van der Waals surface area contributed by atoms with Gasteiger partial charge in [-0.2, -0.15) is 0 Å². The van der Waals surface area contributed by atoms with E-state index in [9.17, 15) is 4.79 Å². The highest BCUT2D eigenvalue weighted by Crippen LogP contribution is 2.32. The van der Waals surface area contributed by atoms with Crippen LogP contribution in [-0.4, -0.2) is 27.9 Å². The minimum atomic E-state index is -0.925. The van der Waals surface area contributed by atoms with Crippen LogP contribution in [0.1, 0.15) is 5.56 Å². The second-order valence-electron chi connectivity index (χ2n) is 3.20. The lowest BCUT2D eigenvalue weighted by Gasteiger charge is -2.04. The third kappa shape index (κ3) is 2.19. The molecule has 2 rings (SSSR count). The van der Waals surface area contributed by atoms with Gasteiger partial charge in [0.05, 0.1) is 10.0 Å². The zero-order valence-corrected chi connectivity index (χ0v) is 10.3. The Labute approximate surface area is 106 Å². The fourth-order valence-corrected chi connectivity index (χ4v) is 3.13. The van der Waals surface area contributed by atoms with Crippen LogP contribution in [0.4, 0.5) is 0 Å². The summed E-state index contributed by atoms with van der Waals surface area (Å²) in [5.41, 5.74) is 0.625. The van der Waals surface area contributed by atoms with Gasteiger partial charge in [0.1, 0.15) is 5.04 Å². The molecule has 1 aliphatic rings. The SMILES string of the molecule is O=C(O)C1CSC(c2c(Cl)cccc2Cl)=N1. The molecule has 0 aromatic heterocycles. The number of hydrogen-bond donors (Lipinski definition) is 1. The molecule has 3 nitrogen and oxygen atoms in total. The molecule has 1 heterocycles. The molecule has 0 bridgehead atoms. The first-order valence-corrected chi connectivity index (χ1v) is 6.21. The first kappa shape index (κ1) is 11.8. The quantitative estimate of drug-likeness (QED) is 0.903. The predicted molar refractivity (Wildman–Crippen MR) is 66.9 cm³/mol. The molecule has 0 aliphatic carbocycles. The van der Waals surface area contributed by atoms with Crippen molar-refractivity contribution in [2.45, 2.75) is 6.04 Å². The Balaban J connectivity index is 2.39. The van der Waals surface area contributed by atoms with Crippen molar-refractivity contribution in [3.05, 3.63) is 33.8 Å². The average Bonchev–Trinajstić information content (AvgIpc) is 2.66. The van der Waals surface area contributed by atoms with Crippen LogP contribution in [0, 0.1) is 0 Å². The van der Waals surface area contributed by atoms with Gasteiger partial charge in [-0.05, 0) is 12.1 Å². The van der Waals surface area contributed by atoms with Crippen LogP contribution in [0.5, 0.6) is 0 Å². The van der Waals surface area contributed by atoms with E-state index in [1.165, 1.54) is 11.8 Å². The fourth-order valence-electron chi connectivity index (χ4n) is 1.34. The lowest BCUT2D eigenvalue weighted by atomic mass is 10.2. The molecule has 1 aromatic rings. The molecule has 0 saturated heterocycles. The van der Waals surface area contributed by atoms with E-state index in [2.05, 4.69) is 4.99 Å². The Kier molecular flexibility index (Phi) is 3.42. The van der Waals surface area contributed by atoms with Crippen LogP contribution in [-0.2, 0) is 4.79 Å². The number of nitrogens with zero attached hydrogens (tertiary/aromatic N) is 1. The largest absolute Gasteiger partial charge is 0.480 e. The van der Waals surface area contributed by atoms with Crippen molar-refractivity contribution in [2.75, 3.05) is 5.75 Å². The van der Waals surface area contributed by atoms with Gasteiger partial charge < -0.3 is 5.11 Å². The van der Waals surface area contributed by atoms with E-state index < -0.39 is 12.0 Å². The highest BCUT2D eigenvalue weighted by molar-refractivity contribution is 8.14. The van der Waals surface area contributed by atoms with Crippen molar-refractivity contribution in [3.63, 3.8) is 0 Å². The van der Waals surface area contributed by atoms with Crippen molar-refractivity contribution in [2.24, 2.45) is 4.99 Å². The van der Waals surface area contributed by atoms with Crippen molar-refractivity contribution in [1.29, 1.82) is 0 Å². The molecule has 1 N–H and O–H groups in total. The van der Waals surface area contributed by atoms with Crippen LogP contribution in [0.3, 0.4) is 0 Å². The van der Waals surface area contributed by atoms with Gasteiger partial charge in [-0.3, -0.25) is 4.99 Å². The zero-order chi connectivity index (χ0) is 11.7. The molecule has 1 atom stereocenters. The number of halogens is 2. The summed E-state index contributed by atoms with van der Waals surface area (Å²) in [6.07, 6.45) is 0. The van der Waals surface area contributed by atoms with Gasteiger partial charge >= 0.3 is 5.97 Å².